The van der Waals surface area contributed by atoms with E-state index in [2.05, 4.69) is 15.0 Å². The number of hydrogen-bond donors (Lipinski definition) is 1. The summed E-state index contributed by atoms with van der Waals surface area (Å²) in [6.07, 6.45) is 2.64. The first-order chi connectivity index (χ1) is 14.5. The molecule has 30 heavy (non-hydrogen) atoms. The third-order valence-electron chi connectivity index (χ3n) is 5.29. The van der Waals surface area contributed by atoms with Gasteiger partial charge in [0.05, 0.1) is 0 Å². The quantitative estimate of drug-likeness (QED) is 0.678. The standard InChI is InChI=1S/C22H24N4O3S/c1-14-3-5-17(6-4-14)29-15(2)22(28)26-10-7-16(8-11-26)20-24-18(13-19(27)25-20)21-23-9-12-30-21/h3-6,9,12-13,15-16H,7-8,10-11H2,1-2H3,(H,24,25,27)/t15-/m1/s1. The van der Waals surface area contributed by atoms with Crippen LogP contribution in [0.15, 0.2) is 46.7 Å². The largest absolute Gasteiger partial charge is 0.481 e. The van der Waals surface area contributed by atoms with E-state index in [1.54, 1.807) is 13.1 Å². The van der Waals surface area contributed by atoms with Crippen molar-refractivity contribution in [2.75, 3.05) is 13.1 Å². The van der Waals surface area contributed by atoms with Gasteiger partial charge < -0.3 is 14.6 Å². The molecule has 4 rings (SSSR count). The molecule has 1 fully saturated rings. The van der Waals surface area contributed by atoms with Gasteiger partial charge in [-0.2, -0.15) is 0 Å². The molecule has 1 aliphatic rings. The summed E-state index contributed by atoms with van der Waals surface area (Å²) in [6.45, 7) is 5.01. The summed E-state index contributed by atoms with van der Waals surface area (Å²) in [7, 11) is 0. The topological polar surface area (TPSA) is 88.2 Å². The lowest BCUT2D eigenvalue weighted by atomic mass is 9.95. The first-order valence-corrected chi connectivity index (χ1v) is 10.9. The monoisotopic (exact) mass is 424 g/mol. The van der Waals surface area contributed by atoms with Crippen LogP contribution in [0.3, 0.4) is 0 Å². The first-order valence-electron chi connectivity index (χ1n) is 10.0. The Morgan fingerprint density at radius 2 is 2.00 bits per heavy atom. The zero-order valence-corrected chi connectivity index (χ0v) is 17.8. The van der Waals surface area contributed by atoms with Crippen LogP contribution < -0.4 is 10.3 Å². The third-order valence-corrected chi connectivity index (χ3v) is 6.08. The number of aromatic nitrogens is 3. The van der Waals surface area contributed by atoms with Crippen molar-refractivity contribution in [3.63, 3.8) is 0 Å². The summed E-state index contributed by atoms with van der Waals surface area (Å²) in [5.74, 6) is 1.45. The first kappa shape index (κ1) is 20.3. The number of carbonyl (C=O) groups is 1. The van der Waals surface area contributed by atoms with Gasteiger partial charge in [0.15, 0.2) is 6.10 Å². The minimum absolute atomic E-state index is 0.0213. The molecular weight excluding hydrogens is 400 g/mol. The molecule has 7 nitrogen and oxygen atoms in total. The van der Waals surface area contributed by atoms with E-state index >= 15 is 0 Å². The minimum atomic E-state index is -0.546. The maximum Gasteiger partial charge on any atom is 0.263 e. The molecule has 0 aliphatic carbocycles. The molecule has 0 spiro atoms. The fraction of sp³-hybridized carbons (Fsp3) is 0.364. The van der Waals surface area contributed by atoms with Crippen molar-refractivity contribution in [2.24, 2.45) is 0 Å². The highest BCUT2D eigenvalue weighted by Crippen LogP contribution is 2.27. The number of H-pyrrole nitrogens is 1. The van der Waals surface area contributed by atoms with Crippen LogP contribution in [0.4, 0.5) is 0 Å². The Labute approximate surface area is 178 Å². The average Bonchev–Trinajstić information content (AvgIpc) is 3.29. The van der Waals surface area contributed by atoms with Crippen LogP contribution in [-0.2, 0) is 4.79 Å². The van der Waals surface area contributed by atoms with Crippen LogP contribution in [0, 0.1) is 6.92 Å². The lowest BCUT2D eigenvalue weighted by Gasteiger charge is -2.33. The van der Waals surface area contributed by atoms with Crippen LogP contribution in [0.1, 0.15) is 37.1 Å². The number of hydrogen-bond acceptors (Lipinski definition) is 6. The molecule has 1 aliphatic heterocycles. The number of amides is 1. The fourth-order valence-electron chi connectivity index (χ4n) is 3.63. The summed E-state index contributed by atoms with van der Waals surface area (Å²) < 4.78 is 5.81. The van der Waals surface area contributed by atoms with Gasteiger partial charge in [-0.3, -0.25) is 9.59 Å². The van der Waals surface area contributed by atoms with Gasteiger partial charge in [0.1, 0.15) is 22.3 Å². The van der Waals surface area contributed by atoms with E-state index in [9.17, 15) is 9.59 Å². The van der Waals surface area contributed by atoms with Crippen LogP contribution in [0.2, 0.25) is 0 Å². The molecule has 1 atom stereocenters. The number of benzene rings is 1. The fourth-order valence-corrected chi connectivity index (χ4v) is 4.23. The van der Waals surface area contributed by atoms with Gasteiger partial charge in [0.25, 0.3) is 11.5 Å². The lowest BCUT2D eigenvalue weighted by molar-refractivity contribution is -0.139. The number of thiazole rings is 1. The van der Waals surface area contributed by atoms with E-state index in [0.717, 1.165) is 23.4 Å². The van der Waals surface area contributed by atoms with Crippen LogP contribution in [0.5, 0.6) is 5.75 Å². The van der Waals surface area contributed by atoms with Gasteiger partial charge in [-0.05, 0) is 38.8 Å². The van der Waals surface area contributed by atoms with Gasteiger partial charge >= 0.3 is 0 Å². The Morgan fingerprint density at radius 1 is 1.27 bits per heavy atom. The normalized spacial score (nSPS) is 15.7. The number of carbonyl (C=O) groups excluding carboxylic acids is 1. The molecule has 2 aromatic heterocycles. The van der Waals surface area contributed by atoms with Crippen molar-refractivity contribution in [3.05, 3.63) is 63.7 Å². The minimum Gasteiger partial charge on any atom is -0.481 e. The zero-order valence-electron chi connectivity index (χ0n) is 17.0. The predicted octanol–water partition coefficient (Wildman–Crippen LogP) is 3.38. The van der Waals surface area contributed by atoms with Gasteiger partial charge in [-0.25, -0.2) is 9.97 Å². The second kappa shape index (κ2) is 8.79. The van der Waals surface area contributed by atoms with Crippen molar-refractivity contribution >= 4 is 17.2 Å². The molecule has 0 radical (unpaired) electrons. The van der Waals surface area contributed by atoms with Crippen LogP contribution in [0.25, 0.3) is 10.7 Å². The summed E-state index contributed by atoms with van der Waals surface area (Å²) in [5.41, 5.74) is 1.57. The zero-order chi connectivity index (χ0) is 21.1. The van der Waals surface area contributed by atoms with E-state index < -0.39 is 6.10 Å². The second-order valence-corrected chi connectivity index (χ2v) is 8.42. The van der Waals surface area contributed by atoms with Crippen molar-refractivity contribution < 1.29 is 9.53 Å². The number of nitrogens with zero attached hydrogens (tertiary/aromatic N) is 3. The van der Waals surface area contributed by atoms with Crippen molar-refractivity contribution in [2.45, 2.75) is 38.7 Å². The molecule has 156 valence electrons. The van der Waals surface area contributed by atoms with Gasteiger partial charge in [-0.1, -0.05) is 17.7 Å². The Hall–Kier alpha value is -3.00. The van der Waals surface area contributed by atoms with Crippen LogP contribution >= 0.6 is 11.3 Å². The van der Waals surface area contributed by atoms with E-state index in [4.69, 9.17) is 4.74 Å². The summed E-state index contributed by atoms with van der Waals surface area (Å²) in [6, 6.07) is 9.16. The van der Waals surface area contributed by atoms with Crippen molar-refractivity contribution in [1.82, 2.24) is 19.9 Å². The molecule has 0 bridgehead atoms. The summed E-state index contributed by atoms with van der Waals surface area (Å²) in [5, 5.41) is 2.60. The van der Waals surface area contributed by atoms with Crippen molar-refractivity contribution in [3.8, 4) is 16.5 Å². The highest BCUT2D eigenvalue weighted by molar-refractivity contribution is 7.13. The number of likely N-dealkylation sites (tertiary alicyclic amines) is 1. The Morgan fingerprint density at radius 3 is 2.67 bits per heavy atom. The van der Waals surface area contributed by atoms with E-state index in [1.807, 2.05) is 41.5 Å². The Kier molecular flexibility index (Phi) is 5.94. The van der Waals surface area contributed by atoms with E-state index in [0.29, 0.717) is 30.4 Å². The van der Waals surface area contributed by atoms with Crippen LogP contribution in [-0.4, -0.2) is 45.0 Å². The number of ether oxygens (including phenoxy) is 1. The highest BCUT2D eigenvalue weighted by atomic mass is 32.1. The summed E-state index contributed by atoms with van der Waals surface area (Å²) in [4.78, 5) is 38.5. The van der Waals surface area contributed by atoms with E-state index in [-0.39, 0.29) is 17.4 Å². The number of piperidine rings is 1. The maximum atomic E-state index is 12.8. The number of rotatable bonds is 5. The number of aromatic amines is 1. The molecule has 1 amide bonds. The molecule has 1 aromatic carbocycles. The third kappa shape index (κ3) is 4.59. The molecule has 0 unspecified atom stereocenters. The molecule has 3 heterocycles. The average molecular weight is 425 g/mol. The van der Waals surface area contributed by atoms with E-state index in [1.165, 1.54) is 17.4 Å². The predicted molar refractivity (Wildman–Crippen MR) is 116 cm³/mol. The molecule has 0 saturated carbocycles. The molecule has 8 heteroatoms. The van der Waals surface area contributed by atoms with Crippen molar-refractivity contribution in [1.29, 1.82) is 0 Å². The molecule has 1 N–H and O–H groups in total. The van der Waals surface area contributed by atoms with Gasteiger partial charge in [0, 0.05) is 36.7 Å². The van der Waals surface area contributed by atoms with Gasteiger partial charge in [-0.15, -0.1) is 11.3 Å². The smallest absolute Gasteiger partial charge is 0.263 e. The lowest BCUT2D eigenvalue weighted by Crippen LogP contribution is -2.44. The number of nitrogens with one attached hydrogen (secondary N) is 1. The Bertz CT molecular complexity index is 1050. The molecule has 3 aromatic rings. The molecule has 1 saturated heterocycles. The Balaban J connectivity index is 1.38. The highest BCUT2D eigenvalue weighted by Gasteiger charge is 2.29. The SMILES string of the molecule is Cc1ccc(O[C@H](C)C(=O)N2CCC(c3nc(-c4nccs4)cc(=O)[nH]3)CC2)cc1. The number of aryl methyl sites for hydroxylation is 1. The molecular formula is C22H24N4O3S. The van der Waals surface area contributed by atoms with Gasteiger partial charge in [0.2, 0.25) is 0 Å². The summed E-state index contributed by atoms with van der Waals surface area (Å²) >= 11 is 1.46. The second-order valence-electron chi connectivity index (χ2n) is 7.53. The maximum absolute atomic E-state index is 12.8.